The third kappa shape index (κ3) is 4.71. The maximum atomic E-state index is 12.0. The predicted octanol–water partition coefficient (Wildman–Crippen LogP) is 2.79. The molecule has 23 heavy (non-hydrogen) atoms. The van der Waals surface area contributed by atoms with E-state index in [2.05, 4.69) is 19.2 Å². The second kappa shape index (κ2) is 7.99. The van der Waals surface area contributed by atoms with Crippen molar-refractivity contribution in [2.45, 2.75) is 39.2 Å². The molecule has 126 valence electrons. The van der Waals surface area contributed by atoms with Gasteiger partial charge in [0.05, 0.1) is 12.7 Å². The summed E-state index contributed by atoms with van der Waals surface area (Å²) in [4.78, 5) is 23.9. The maximum Gasteiger partial charge on any atom is 0.338 e. The summed E-state index contributed by atoms with van der Waals surface area (Å²) in [6.07, 6.45) is 3.33. The third-order valence-corrected chi connectivity index (χ3v) is 4.71. The summed E-state index contributed by atoms with van der Waals surface area (Å²) in [7, 11) is 1.56. The number of hydrogen-bond acceptors (Lipinski definition) is 4. The zero-order valence-corrected chi connectivity index (χ0v) is 14.0. The van der Waals surface area contributed by atoms with Gasteiger partial charge in [0.15, 0.2) is 6.61 Å². The van der Waals surface area contributed by atoms with E-state index in [1.165, 1.54) is 6.42 Å². The molecular weight excluding hydrogens is 294 g/mol. The molecule has 0 saturated heterocycles. The number of ether oxygens (including phenoxy) is 2. The lowest BCUT2D eigenvalue weighted by molar-refractivity contribution is -0.125. The van der Waals surface area contributed by atoms with Crippen molar-refractivity contribution in [3.8, 4) is 5.75 Å². The molecule has 0 aliphatic heterocycles. The Bertz CT molecular complexity index is 540. The van der Waals surface area contributed by atoms with Gasteiger partial charge in [0, 0.05) is 6.04 Å². The summed E-state index contributed by atoms with van der Waals surface area (Å²) in [5.41, 5.74) is 0.401. The Kier molecular flexibility index (Phi) is 6.02. The van der Waals surface area contributed by atoms with Gasteiger partial charge in [-0.2, -0.15) is 0 Å². The van der Waals surface area contributed by atoms with E-state index in [-0.39, 0.29) is 18.6 Å². The molecule has 2 rings (SSSR count). The van der Waals surface area contributed by atoms with Gasteiger partial charge in [0.2, 0.25) is 0 Å². The molecule has 1 fully saturated rings. The van der Waals surface area contributed by atoms with Gasteiger partial charge in [-0.1, -0.05) is 26.7 Å². The molecule has 1 aromatic carbocycles. The summed E-state index contributed by atoms with van der Waals surface area (Å²) in [6, 6.07) is 6.77. The molecule has 1 amide bonds. The van der Waals surface area contributed by atoms with Crippen molar-refractivity contribution in [2.24, 2.45) is 11.8 Å². The lowest BCUT2D eigenvalue weighted by atomic mass is 9.78. The van der Waals surface area contributed by atoms with E-state index < -0.39 is 5.97 Å². The van der Waals surface area contributed by atoms with Gasteiger partial charge in [-0.25, -0.2) is 4.79 Å². The summed E-state index contributed by atoms with van der Waals surface area (Å²) >= 11 is 0. The van der Waals surface area contributed by atoms with Crippen LogP contribution in [0.2, 0.25) is 0 Å². The van der Waals surface area contributed by atoms with Gasteiger partial charge in [-0.05, 0) is 42.5 Å². The number of methoxy groups -OCH3 is 1. The van der Waals surface area contributed by atoms with Crippen LogP contribution in [0.25, 0.3) is 0 Å². The predicted molar refractivity (Wildman–Crippen MR) is 87.4 cm³/mol. The van der Waals surface area contributed by atoms with Crippen molar-refractivity contribution < 1.29 is 19.1 Å². The van der Waals surface area contributed by atoms with Crippen LogP contribution in [-0.2, 0) is 9.53 Å². The lowest BCUT2D eigenvalue weighted by Gasteiger charge is -2.34. The van der Waals surface area contributed by atoms with Gasteiger partial charge < -0.3 is 14.8 Å². The Morgan fingerprint density at radius 2 is 1.87 bits per heavy atom. The zero-order chi connectivity index (χ0) is 16.8. The van der Waals surface area contributed by atoms with E-state index in [9.17, 15) is 9.59 Å². The molecule has 0 bridgehead atoms. The van der Waals surface area contributed by atoms with E-state index in [0.717, 1.165) is 12.8 Å². The van der Waals surface area contributed by atoms with Crippen LogP contribution in [0.15, 0.2) is 24.3 Å². The van der Waals surface area contributed by atoms with Gasteiger partial charge in [0.25, 0.3) is 5.91 Å². The molecule has 1 aromatic rings. The minimum Gasteiger partial charge on any atom is -0.497 e. The van der Waals surface area contributed by atoms with Crippen LogP contribution in [0.3, 0.4) is 0 Å². The van der Waals surface area contributed by atoms with Crippen molar-refractivity contribution >= 4 is 11.9 Å². The lowest BCUT2D eigenvalue weighted by Crippen LogP contribution is -2.45. The van der Waals surface area contributed by atoms with E-state index >= 15 is 0 Å². The van der Waals surface area contributed by atoms with Gasteiger partial charge in [-0.3, -0.25) is 4.79 Å². The Hall–Kier alpha value is -2.04. The summed E-state index contributed by atoms with van der Waals surface area (Å²) in [5.74, 6) is 0.978. The molecule has 1 aliphatic carbocycles. The first-order valence-electron chi connectivity index (χ1n) is 8.11. The van der Waals surface area contributed by atoms with E-state index in [1.54, 1.807) is 31.4 Å². The number of carbonyl (C=O) groups is 2. The fourth-order valence-electron chi connectivity index (χ4n) is 2.98. The van der Waals surface area contributed by atoms with Crippen molar-refractivity contribution in [2.75, 3.05) is 13.7 Å². The van der Waals surface area contributed by atoms with Crippen LogP contribution < -0.4 is 10.1 Å². The minimum absolute atomic E-state index is 0.172. The highest BCUT2D eigenvalue weighted by Gasteiger charge is 2.28. The number of rotatable bonds is 5. The smallest absolute Gasteiger partial charge is 0.338 e. The Morgan fingerprint density at radius 1 is 1.17 bits per heavy atom. The summed E-state index contributed by atoms with van der Waals surface area (Å²) in [5, 5.41) is 2.99. The van der Waals surface area contributed by atoms with Gasteiger partial charge >= 0.3 is 5.97 Å². The van der Waals surface area contributed by atoms with Crippen LogP contribution >= 0.6 is 0 Å². The molecule has 0 aromatic heterocycles. The van der Waals surface area contributed by atoms with Crippen LogP contribution in [0.5, 0.6) is 5.75 Å². The standard InChI is InChI=1S/C18H25NO4/c1-12-5-4-6-16(13(12)2)19-17(20)11-23-18(21)14-7-9-15(22-3)10-8-14/h7-10,12-13,16H,4-6,11H2,1-3H3,(H,19,20)/t12-,13+,16+/m0/s1. The molecule has 3 atom stereocenters. The van der Waals surface area contributed by atoms with Crippen LogP contribution in [-0.4, -0.2) is 31.6 Å². The SMILES string of the molecule is COc1ccc(C(=O)OCC(=O)N[C@@H]2CCC[C@H](C)[C@H]2C)cc1. The second-order valence-electron chi connectivity index (χ2n) is 6.25. The van der Waals surface area contributed by atoms with Crippen molar-refractivity contribution in [1.29, 1.82) is 0 Å². The number of esters is 1. The van der Waals surface area contributed by atoms with Crippen LogP contribution in [0.1, 0.15) is 43.5 Å². The Balaban J connectivity index is 1.80. The minimum atomic E-state index is -0.507. The average molecular weight is 319 g/mol. The van der Waals surface area contributed by atoms with Crippen LogP contribution in [0.4, 0.5) is 0 Å². The van der Waals surface area contributed by atoms with Crippen molar-refractivity contribution in [3.63, 3.8) is 0 Å². The maximum absolute atomic E-state index is 12.0. The molecule has 0 spiro atoms. The van der Waals surface area contributed by atoms with Gasteiger partial charge in [0.1, 0.15) is 5.75 Å². The molecule has 1 aliphatic rings. The molecule has 0 heterocycles. The van der Waals surface area contributed by atoms with E-state index in [0.29, 0.717) is 23.1 Å². The van der Waals surface area contributed by atoms with Crippen LogP contribution in [0, 0.1) is 11.8 Å². The third-order valence-electron chi connectivity index (χ3n) is 4.71. The summed E-state index contributed by atoms with van der Waals surface area (Å²) < 4.78 is 10.1. The quantitative estimate of drug-likeness (QED) is 0.848. The van der Waals surface area contributed by atoms with Crippen molar-refractivity contribution in [1.82, 2.24) is 5.32 Å². The monoisotopic (exact) mass is 319 g/mol. The number of hydrogen-bond donors (Lipinski definition) is 1. The number of carbonyl (C=O) groups excluding carboxylic acids is 2. The first-order valence-corrected chi connectivity index (χ1v) is 8.11. The first kappa shape index (κ1) is 17.3. The molecule has 1 N–H and O–H groups in total. The highest BCUT2D eigenvalue weighted by molar-refractivity contribution is 5.91. The van der Waals surface area contributed by atoms with Gasteiger partial charge in [-0.15, -0.1) is 0 Å². The molecule has 5 nitrogen and oxygen atoms in total. The highest BCUT2D eigenvalue weighted by Crippen LogP contribution is 2.29. The first-order chi connectivity index (χ1) is 11.0. The summed E-state index contributed by atoms with van der Waals surface area (Å²) in [6.45, 7) is 4.13. The number of amides is 1. The second-order valence-corrected chi connectivity index (χ2v) is 6.25. The highest BCUT2D eigenvalue weighted by atomic mass is 16.5. The number of benzene rings is 1. The zero-order valence-electron chi connectivity index (χ0n) is 14.0. The fraction of sp³-hybridized carbons (Fsp3) is 0.556. The Morgan fingerprint density at radius 3 is 2.52 bits per heavy atom. The van der Waals surface area contributed by atoms with Crippen molar-refractivity contribution in [3.05, 3.63) is 29.8 Å². The largest absolute Gasteiger partial charge is 0.497 e. The molecule has 1 saturated carbocycles. The molecule has 0 unspecified atom stereocenters. The topological polar surface area (TPSA) is 64.6 Å². The molecule has 5 heteroatoms. The molecule has 0 radical (unpaired) electrons. The number of nitrogens with one attached hydrogen (secondary N) is 1. The van der Waals surface area contributed by atoms with E-state index in [4.69, 9.17) is 9.47 Å². The average Bonchev–Trinajstić information content (AvgIpc) is 2.57. The van der Waals surface area contributed by atoms with E-state index in [1.807, 2.05) is 0 Å². The Labute approximate surface area is 137 Å². The molecular formula is C18H25NO4. The normalized spacial score (nSPS) is 23.9. The fourth-order valence-corrected chi connectivity index (χ4v) is 2.98.